The second-order valence-corrected chi connectivity index (χ2v) is 5.75. The van der Waals surface area contributed by atoms with Crippen molar-refractivity contribution in [2.75, 3.05) is 6.61 Å². The zero-order valence-corrected chi connectivity index (χ0v) is 13.5. The molecule has 1 atom stereocenters. The van der Waals surface area contributed by atoms with Gasteiger partial charge in [0.15, 0.2) is 0 Å². The van der Waals surface area contributed by atoms with Crippen molar-refractivity contribution >= 4 is 11.6 Å². The Bertz CT molecular complexity index is 580. The topological polar surface area (TPSA) is 38.0 Å². The van der Waals surface area contributed by atoms with Crippen LogP contribution in [0.25, 0.3) is 0 Å². The summed E-state index contributed by atoms with van der Waals surface area (Å²) >= 11 is 6.21. The standard InChI is InChI=1S/C17H23ClN2O/c1-3-15-11-16(20(4-2)19-15)10-13(12-21)9-14-7-5-6-8-17(14)18/h5-8,11,13,21H,3-4,9-10,12H2,1-2H3. The monoisotopic (exact) mass is 306 g/mol. The summed E-state index contributed by atoms with van der Waals surface area (Å²) in [4.78, 5) is 0. The summed E-state index contributed by atoms with van der Waals surface area (Å²) in [6, 6.07) is 10.00. The van der Waals surface area contributed by atoms with E-state index >= 15 is 0 Å². The second kappa shape index (κ2) is 7.62. The van der Waals surface area contributed by atoms with Crippen molar-refractivity contribution in [3.05, 3.63) is 52.3 Å². The third kappa shape index (κ3) is 4.08. The van der Waals surface area contributed by atoms with E-state index < -0.39 is 0 Å². The van der Waals surface area contributed by atoms with Crippen LogP contribution < -0.4 is 0 Å². The lowest BCUT2D eigenvalue weighted by atomic mass is 9.95. The fourth-order valence-electron chi connectivity index (χ4n) is 2.60. The SMILES string of the molecule is CCc1cc(CC(CO)Cc2ccccc2Cl)n(CC)n1. The van der Waals surface area contributed by atoms with Crippen LogP contribution in [0.2, 0.25) is 5.02 Å². The number of aliphatic hydroxyl groups excluding tert-OH is 1. The molecule has 0 aliphatic rings. The van der Waals surface area contributed by atoms with Crippen molar-refractivity contribution in [3.63, 3.8) is 0 Å². The highest BCUT2D eigenvalue weighted by Gasteiger charge is 2.15. The van der Waals surface area contributed by atoms with Gasteiger partial charge in [0.05, 0.1) is 5.69 Å². The summed E-state index contributed by atoms with van der Waals surface area (Å²) < 4.78 is 2.04. The molecule has 0 amide bonds. The van der Waals surface area contributed by atoms with Crippen molar-refractivity contribution in [3.8, 4) is 0 Å². The third-order valence-electron chi connectivity index (χ3n) is 3.80. The second-order valence-electron chi connectivity index (χ2n) is 5.34. The number of benzene rings is 1. The number of aliphatic hydroxyl groups is 1. The van der Waals surface area contributed by atoms with Gasteiger partial charge in [0.25, 0.3) is 0 Å². The minimum atomic E-state index is 0.154. The number of hydrogen-bond donors (Lipinski definition) is 1. The van der Waals surface area contributed by atoms with Gasteiger partial charge in [-0.05, 0) is 49.8 Å². The van der Waals surface area contributed by atoms with Gasteiger partial charge in [-0.2, -0.15) is 5.10 Å². The summed E-state index contributed by atoms with van der Waals surface area (Å²) in [5.74, 6) is 0.164. The van der Waals surface area contributed by atoms with Gasteiger partial charge in [0, 0.05) is 23.9 Å². The van der Waals surface area contributed by atoms with Gasteiger partial charge < -0.3 is 5.11 Å². The molecule has 4 heteroatoms. The Morgan fingerprint density at radius 2 is 2.00 bits per heavy atom. The highest BCUT2D eigenvalue weighted by molar-refractivity contribution is 6.31. The molecule has 2 rings (SSSR count). The van der Waals surface area contributed by atoms with Gasteiger partial charge in [-0.15, -0.1) is 0 Å². The maximum Gasteiger partial charge on any atom is 0.0624 e. The molecule has 0 fully saturated rings. The average molecular weight is 307 g/mol. The maximum atomic E-state index is 9.69. The van der Waals surface area contributed by atoms with Crippen LogP contribution in [0.3, 0.4) is 0 Å². The molecule has 0 saturated heterocycles. The largest absolute Gasteiger partial charge is 0.396 e. The van der Waals surface area contributed by atoms with Crippen molar-refractivity contribution < 1.29 is 5.11 Å². The normalized spacial score (nSPS) is 12.6. The highest BCUT2D eigenvalue weighted by atomic mass is 35.5. The lowest BCUT2D eigenvalue weighted by molar-refractivity contribution is 0.223. The predicted octanol–water partition coefficient (Wildman–Crippen LogP) is 3.51. The Kier molecular flexibility index (Phi) is 5.83. The van der Waals surface area contributed by atoms with E-state index in [0.29, 0.717) is 0 Å². The molecule has 1 N–H and O–H groups in total. The molecule has 3 nitrogen and oxygen atoms in total. The van der Waals surface area contributed by atoms with Crippen LogP contribution in [0.15, 0.2) is 30.3 Å². The van der Waals surface area contributed by atoms with E-state index in [4.69, 9.17) is 11.6 Å². The Hall–Kier alpha value is -1.32. The van der Waals surface area contributed by atoms with Crippen molar-refractivity contribution in [2.45, 2.75) is 39.7 Å². The fourth-order valence-corrected chi connectivity index (χ4v) is 2.81. The predicted molar refractivity (Wildman–Crippen MR) is 86.7 cm³/mol. The first kappa shape index (κ1) is 16.1. The molecule has 0 saturated carbocycles. The molecule has 21 heavy (non-hydrogen) atoms. The van der Waals surface area contributed by atoms with E-state index in [1.54, 1.807) is 0 Å². The molecule has 0 radical (unpaired) electrons. The first-order valence-corrected chi connectivity index (χ1v) is 7.95. The summed E-state index contributed by atoms with van der Waals surface area (Å²) in [6.07, 6.45) is 2.55. The molecule has 0 bridgehead atoms. The lowest BCUT2D eigenvalue weighted by Crippen LogP contribution is -2.16. The number of aryl methyl sites for hydroxylation is 2. The molecule has 1 unspecified atom stereocenters. The van der Waals surface area contributed by atoms with Crippen LogP contribution in [0.1, 0.15) is 30.8 Å². The number of aromatic nitrogens is 2. The van der Waals surface area contributed by atoms with Gasteiger partial charge >= 0.3 is 0 Å². The molecule has 114 valence electrons. The molecule has 0 aliphatic heterocycles. The molecule has 1 aromatic heterocycles. The van der Waals surface area contributed by atoms with Crippen LogP contribution >= 0.6 is 11.6 Å². The van der Waals surface area contributed by atoms with E-state index in [9.17, 15) is 5.11 Å². The molecule has 0 aliphatic carbocycles. The molecule has 2 aromatic rings. The van der Waals surface area contributed by atoms with Crippen LogP contribution in [-0.2, 0) is 25.8 Å². The third-order valence-corrected chi connectivity index (χ3v) is 4.17. The summed E-state index contributed by atoms with van der Waals surface area (Å²) in [6.45, 7) is 5.22. The molecule has 0 spiro atoms. The first-order valence-electron chi connectivity index (χ1n) is 7.57. The number of nitrogens with zero attached hydrogens (tertiary/aromatic N) is 2. The average Bonchev–Trinajstić information content (AvgIpc) is 2.90. The van der Waals surface area contributed by atoms with E-state index in [1.165, 1.54) is 5.69 Å². The summed E-state index contributed by atoms with van der Waals surface area (Å²) in [5, 5.41) is 15.0. The number of hydrogen-bond acceptors (Lipinski definition) is 2. The van der Waals surface area contributed by atoms with Gasteiger partial charge in [-0.1, -0.05) is 36.7 Å². The number of halogens is 1. The quantitative estimate of drug-likeness (QED) is 0.850. The minimum Gasteiger partial charge on any atom is -0.396 e. The molecule has 1 aromatic carbocycles. The fraction of sp³-hybridized carbons (Fsp3) is 0.471. The van der Waals surface area contributed by atoms with Crippen LogP contribution in [-0.4, -0.2) is 21.5 Å². The summed E-state index contributed by atoms with van der Waals surface area (Å²) in [5.41, 5.74) is 3.40. The molecular formula is C17H23ClN2O. The molecular weight excluding hydrogens is 284 g/mol. The Morgan fingerprint density at radius 1 is 1.24 bits per heavy atom. The first-order chi connectivity index (χ1) is 10.2. The van der Waals surface area contributed by atoms with Crippen molar-refractivity contribution in [1.29, 1.82) is 0 Å². The van der Waals surface area contributed by atoms with E-state index in [1.807, 2.05) is 28.9 Å². The number of rotatable bonds is 7. The zero-order valence-electron chi connectivity index (χ0n) is 12.7. The van der Waals surface area contributed by atoms with Gasteiger partial charge in [-0.3, -0.25) is 4.68 Å². The molecule has 1 heterocycles. The summed E-state index contributed by atoms with van der Waals surface area (Å²) in [7, 11) is 0. The van der Waals surface area contributed by atoms with Crippen molar-refractivity contribution in [1.82, 2.24) is 9.78 Å². The van der Waals surface area contributed by atoms with Crippen LogP contribution in [0.5, 0.6) is 0 Å². The maximum absolute atomic E-state index is 9.69. The van der Waals surface area contributed by atoms with Crippen molar-refractivity contribution in [2.24, 2.45) is 5.92 Å². The zero-order chi connectivity index (χ0) is 15.2. The lowest BCUT2D eigenvalue weighted by Gasteiger charge is -2.15. The van der Waals surface area contributed by atoms with Gasteiger partial charge in [0.1, 0.15) is 0 Å². The van der Waals surface area contributed by atoms with E-state index in [0.717, 1.165) is 42.1 Å². The Labute approximate surface area is 131 Å². The Morgan fingerprint density at radius 3 is 2.62 bits per heavy atom. The van der Waals surface area contributed by atoms with E-state index in [2.05, 4.69) is 25.0 Å². The van der Waals surface area contributed by atoms with Crippen LogP contribution in [0, 0.1) is 5.92 Å². The van der Waals surface area contributed by atoms with Gasteiger partial charge in [0.2, 0.25) is 0 Å². The van der Waals surface area contributed by atoms with Crippen LogP contribution in [0.4, 0.5) is 0 Å². The highest BCUT2D eigenvalue weighted by Crippen LogP contribution is 2.21. The van der Waals surface area contributed by atoms with E-state index in [-0.39, 0.29) is 12.5 Å². The minimum absolute atomic E-state index is 0.154. The Balaban J connectivity index is 2.12. The van der Waals surface area contributed by atoms with Gasteiger partial charge in [-0.25, -0.2) is 0 Å². The smallest absolute Gasteiger partial charge is 0.0624 e.